The van der Waals surface area contributed by atoms with Crippen LogP contribution in [0.25, 0.3) is 0 Å². The molecule has 0 bridgehead atoms. The van der Waals surface area contributed by atoms with E-state index in [2.05, 4.69) is 5.32 Å². The number of carbonyl (C=O) groups is 1. The van der Waals surface area contributed by atoms with E-state index in [0.717, 1.165) is 21.7 Å². The second-order valence-corrected chi connectivity index (χ2v) is 8.24. The van der Waals surface area contributed by atoms with Crippen LogP contribution in [0.1, 0.15) is 18.1 Å². The Morgan fingerprint density at radius 2 is 1.74 bits per heavy atom. The number of aryl methyl sites for hydroxylation is 2. The van der Waals surface area contributed by atoms with Crippen LogP contribution < -0.4 is 9.62 Å². The van der Waals surface area contributed by atoms with Gasteiger partial charge in [0.2, 0.25) is 15.9 Å². The second-order valence-electron chi connectivity index (χ2n) is 6.38. The van der Waals surface area contributed by atoms with Gasteiger partial charge in [-0.05, 0) is 50.1 Å². The van der Waals surface area contributed by atoms with Gasteiger partial charge in [0, 0.05) is 17.8 Å². The Kier molecular flexibility index (Phi) is 5.85. The predicted molar refractivity (Wildman–Crippen MR) is 104 cm³/mol. The molecule has 144 valence electrons. The number of benzene rings is 2. The summed E-state index contributed by atoms with van der Waals surface area (Å²) in [5.41, 5.74) is 2.16. The van der Waals surface area contributed by atoms with Crippen LogP contribution in [0.15, 0.2) is 42.5 Å². The van der Waals surface area contributed by atoms with Crippen molar-refractivity contribution in [3.05, 3.63) is 63.7 Å². The number of rotatable bonds is 6. The van der Waals surface area contributed by atoms with Crippen LogP contribution in [-0.4, -0.2) is 31.5 Å². The van der Waals surface area contributed by atoms with Crippen molar-refractivity contribution in [3.8, 4) is 0 Å². The smallest absolute Gasteiger partial charge is 0.271 e. The van der Waals surface area contributed by atoms with Gasteiger partial charge >= 0.3 is 0 Å². The van der Waals surface area contributed by atoms with Gasteiger partial charge in [-0.25, -0.2) is 8.42 Å². The molecule has 1 unspecified atom stereocenters. The zero-order chi connectivity index (χ0) is 20.4. The van der Waals surface area contributed by atoms with Crippen molar-refractivity contribution in [2.45, 2.75) is 26.8 Å². The molecule has 2 rings (SSSR count). The molecule has 1 amide bonds. The Morgan fingerprint density at radius 1 is 1.15 bits per heavy atom. The summed E-state index contributed by atoms with van der Waals surface area (Å²) in [6.07, 6.45) is 1.03. The second kappa shape index (κ2) is 7.75. The maximum Gasteiger partial charge on any atom is 0.271 e. The molecule has 0 aliphatic carbocycles. The molecule has 9 heteroatoms. The lowest BCUT2D eigenvalue weighted by Crippen LogP contribution is -2.45. The first-order valence-corrected chi connectivity index (χ1v) is 9.97. The molecular formula is C18H21N3O5S. The molecule has 27 heavy (non-hydrogen) atoms. The lowest BCUT2D eigenvalue weighted by Gasteiger charge is -2.28. The van der Waals surface area contributed by atoms with Gasteiger partial charge < -0.3 is 5.32 Å². The molecule has 0 aromatic heterocycles. The molecular weight excluding hydrogens is 370 g/mol. The molecule has 0 aliphatic rings. The molecule has 0 fully saturated rings. The minimum Gasteiger partial charge on any atom is -0.324 e. The summed E-state index contributed by atoms with van der Waals surface area (Å²) in [6, 6.07) is 9.67. The Labute approximate surface area is 158 Å². The number of sulfonamides is 1. The molecule has 1 atom stereocenters. The maximum atomic E-state index is 12.6. The van der Waals surface area contributed by atoms with Crippen molar-refractivity contribution < 1.29 is 18.1 Å². The topological polar surface area (TPSA) is 110 Å². The average Bonchev–Trinajstić information content (AvgIpc) is 2.52. The molecule has 8 nitrogen and oxygen atoms in total. The fourth-order valence-corrected chi connectivity index (χ4v) is 3.99. The van der Waals surface area contributed by atoms with Crippen LogP contribution in [0.2, 0.25) is 0 Å². The van der Waals surface area contributed by atoms with Crippen LogP contribution in [0.3, 0.4) is 0 Å². The molecule has 0 aliphatic heterocycles. The fraction of sp³-hybridized carbons (Fsp3) is 0.278. The lowest BCUT2D eigenvalue weighted by atomic mass is 10.1. The third kappa shape index (κ3) is 5.04. The number of amides is 1. The van der Waals surface area contributed by atoms with Crippen molar-refractivity contribution in [2.24, 2.45) is 0 Å². The van der Waals surface area contributed by atoms with Gasteiger partial charge in [-0.15, -0.1) is 0 Å². The van der Waals surface area contributed by atoms with E-state index < -0.39 is 26.9 Å². The highest BCUT2D eigenvalue weighted by Gasteiger charge is 2.29. The average molecular weight is 391 g/mol. The highest BCUT2D eigenvalue weighted by atomic mass is 32.2. The number of nitro benzene ring substituents is 1. The van der Waals surface area contributed by atoms with Gasteiger partial charge in [0.05, 0.1) is 16.9 Å². The summed E-state index contributed by atoms with van der Waals surface area (Å²) >= 11 is 0. The van der Waals surface area contributed by atoms with E-state index in [1.54, 1.807) is 12.1 Å². The van der Waals surface area contributed by atoms with Gasteiger partial charge in [0.15, 0.2) is 0 Å². The number of hydrogen-bond acceptors (Lipinski definition) is 5. The maximum absolute atomic E-state index is 12.6. The Morgan fingerprint density at radius 3 is 2.26 bits per heavy atom. The Bertz CT molecular complexity index is 968. The minimum atomic E-state index is -3.75. The van der Waals surface area contributed by atoms with Gasteiger partial charge in [-0.1, -0.05) is 12.1 Å². The van der Waals surface area contributed by atoms with E-state index in [-0.39, 0.29) is 11.4 Å². The van der Waals surface area contributed by atoms with E-state index >= 15 is 0 Å². The van der Waals surface area contributed by atoms with Gasteiger partial charge in [-0.2, -0.15) is 0 Å². The predicted octanol–water partition coefficient (Wildman–Crippen LogP) is 3.00. The number of non-ortho nitro benzene ring substituents is 1. The van der Waals surface area contributed by atoms with Crippen molar-refractivity contribution in [2.75, 3.05) is 15.9 Å². The van der Waals surface area contributed by atoms with Crippen LogP contribution in [0, 0.1) is 24.0 Å². The summed E-state index contributed by atoms with van der Waals surface area (Å²) in [4.78, 5) is 22.9. The van der Waals surface area contributed by atoms with E-state index in [0.29, 0.717) is 5.69 Å². The molecule has 0 radical (unpaired) electrons. The standard InChI is InChI=1S/C18H21N3O5S/c1-12-8-13(2)10-17(9-12)20(27(4,25)26)14(3)18(22)19-15-6-5-7-16(11-15)21(23)24/h5-11,14H,1-4H3,(H,19,22). The SMILES string of the molecule is Cc1cc(C)cc(N(C(C)C(=O)Nc2cccc([N+](=O)[O-])c2)S(C)(=O)=O)c1. The zero-order valence-electron chi connectivity index (χ0n) is 15.5. The molecule has 0 spiro atoms. The fourth-order valence-electron chi connectivity index (χ4n) is 2.83. The first kappa shape index (κ1) is 20.4. The first-order valence-electron chi connectivity index (χ1n) is 8.12. The summed E-state index contributed by atoms with van der Waals surface area (Å²) in [5.74, 6) is -0.597. The number of nitrogens with zero attached hydrogens (tertiary/aromatic N) is 2. The van der Waals surface area contributed by atoms with E-state index in [1.165, 1.54) is 31.2 Å². The minimum absolute atomic E-state index is 0.172. The summed E-state index contributed by atoms with van der Waals surface area (Å²) in [7, 11) is -3.75. The summed E-state index contributed by atoms with van der Waals surface area (Å²) in [6.45, 7) is 5.14. The van der Waals surface area contributed by atoms with Crippen LogP contribution in [0.4, 0.5) is 17.1 Å². The molecule has 1 N–H and O–H groups in total. The number of nitrogens with one attached hydrogen (secondary N) is 1. The number of anilines is 2. The van der Waals surface area contributed by atoms with Crippen molar-refractivity contribution >= 4 is 33.0 Å². The van der Waals surface area contributed by atoms with Crippen LogP contribution in [0.5, 0.6) is 0 Å². The zero-order valence-corrected chi connectivity index (χ0v) is 16.3. The monoisotopic (exact) mass is 391 g/mol. The third-order valence-corrected chi connectivity index (χ3v) is 5.12. The number of carbonyl (C=O) groups excluding carboxylic acids is 1. The van der Waals surface area contributed by atoms with Crippen LogP contribution >= 0.6 is 0 Å². The van der Waals surface area contributed by atoms with E-state index in [9.17, 15) is 23.3 Å². The van der Waals surface area contributed by atoms with E-state index in [1.807, 2.05) is 19.9 Å². The molecule has 0 heterocycles. The van der Waals surface area contributed by atoms with Crippen molar-refractivity contribution in [1.29, 1.82) is 0 Å². The highest BCUT2D eigenvalue weighted by molar-refractivity contribution is 7.92. The normalized spacial score (nSPS) is 12.3. The van der Waals surface area contributed by atoms with E-state index in [4.69, 9.17) is 0 Å². The number of nitro groups is 1. The molecule has 2 aromatic carbocycles. The van der Waals surface area contributed by atoms with Crippen molar-refractivity contribution in [3.63, 3.8) is 0 Å². The Hall–Kier alpha value is -2.94. The highest BCUT2D eigenvalue weighted by Crippen LogP contribution is 2.25. The number of hydrogen-bond donors (Lipinski definition) is 1. The van der Waals surface area contributed by atoms with Crippen LogP contribution in [-0.2, 0) is 14.8 Å². The van der Waals surface area contributed by atoms with Gasteiger partial charge in [0.25, 0.3) is 5.69 Å². The largest absolute Gasteiger partial charge is 0.324 e. The molecule has 2 aromatic rings. The Balaban J connectivity index is 2.35. The van der Waals surface area contributed by atoms with Gasteiger partial charge in [0.1, 0.15) is 6.04 Å². The third-order valence-electron chi connectivity index (χ3n) is 3.87. The van der Waals surface area contributed by atoms with Gasteiger partial charge in [-0.3, -0.25) is 19.2 Å². The summed E-state index contributed by atoms with van der Waals surface area (Å²) in [5, 5.41) is 13.4. The summed E-state index contributed by atoms with van der Waals surface area (Å²) < 4.78 is 25.7. The first-order chi connectivity index (χ1) is 12.5. The van der Waals surface area contributed by atoms with Crippen molar-refractivity contribution in [1.82, 2.24) is 0 Å². The quantitative estimate of drug-likeness (QED) is 0.601. The lowest BCUT2D eigenvalue weighted by molar-refractivity contribution is -0.384. The molecule has 0 saturated carbocycles. The molecule has 0 saturated heterocycles.